The summed E-state index contributed by atoms with van der Waals surface area (Å²) in [6.07, 6.45) is 4.82. The highest BCUT2D eigenvalue weighted by atomic mass is 16.7. The number of methoxy groups -OCH3 is 2. The molecule has 2 spiro atoms. The maximum absolute atomic E-state index is 13.2. The van der Waals surface area contributed by atoms with E-state index in [0.29, 0.717) is 25.7 Å². The maximum atomic E-state index is 13.2. The first-order valence-electron chi connectivity index (χ1n) is 9.77. The number of carbonyl (C=O) groups is 2. The average Bonchev–Trinajstić information content (AvgIpc) is 3.10. The van der Waals surface area contributed by atoms with Gasteiger partial charge in [-0.15, -0.1) is 0 Å². The van der Waals surface area contributed by atoms with Crippen LogP contribution < -0.4 is 0 Å². The van der Waals surface area contributed by atoms with E-state index in [9.17, 15) is 14.7 Å². The molecule has 152 valence electrons. The second-order valence-corrected chi connectivity index (χ2v) is 9.31. The number of ether oxygens (including phenoxy) is 4. The van der Waals surface area contributed by atoms with Gasteiger partial charge in [0.25, 0.3) is 0 Å². The van der Waals surface area contributed by atoms with Gasteiger partial charge in [-0.2, -0.15) is 0 Å². The third-order valence-electron chi connectivity index (χ3n) is 8.40. The van der Waals surface area contributed by atoms with Gasteiger partial charge < -0.3 is 24.1 Å². The molecule has 5 aliphatic rings. The van der Waals surface area contributed by atoms with Gasteiger partial charge in [0, 0.05) is 5.92 Å². The number of carbonyl (C=O) groups excluding carboxylic acids is 2. The Labute approximate surface area is 163 Å². The van der Waals surface area contributed by atoms with Crippen molar-refractivity contribution in [2.45, 2.75) is 50.1 Å². The van der Waals surface area contributed by atoms with Gasteiger partial charge in [-0.25, -0.2) is 0 Å². The monoisotopic (exact) mass is 390 g/mol. The maximum Gasteiger partial charge on any atom is 0.318 e. The molecule has 28 heavy (non-hydrogen) atoms. The average molecular weight is 390 g/mol. The van der Waals surface area contributed by atoms with Gasteiger partial charge in [-0.1, -0.05) is 6.58 Å². The van der Waals surface area contributed by atoms with Crippen LogP contribution in [0.1, 0.15) is 32.6 Å². The lowest BCUT2D eigenvalue weighted by Crippen LogP contribution is -2.50. The number of hydrogen-bond acceptors (Lipinski definition) is 7. The van der Waals surface area contributed by atoms with Crippen molar-refractivity contribution in [3.05, 3.63) is 24.5 Å². The SMILES string of the molecule is C=C1C[C@]23C[C@@]1(O)CC[C@H]2[C@@]12C=CO[C@@H](O1)[C@@](C)(C(=O)OC)[C@H]2[C@@H]3C(=O)OC. The largest absolute Gasteiger partial charge is 0.471 e. The Bertz CT molecular complexity index is 820. The van der Waals surface area contributed by atoms with Crippen LogP contribution in [-0.4, -0.2) is 48.8 Å². The van der Waals surface area contributed by atoms with Gasteiger partial charge in [0.2, 0.25) is 6.29 Å². The third-order valence-corrected chi connectivity index (χ3v) is 8.40. The zero-order chi connectivity index (χ0) is 20.1. The van der Waals surface area contributed by atoms with E-state index in [-0.39, 0.29) is 11.9 Å². The quantitative estimate of drug-likeness (QED) is 0.567. The Morgan fingerprint density at radius 3 is 2.75 bits per heavy atom. The second-order valence-electron chi connectivity index (χ2n) is 9.31. The Kier molecular flexibility index (Phi) is 3.37. The van der Waals surface area contributed by atoms with E-state index >= 15 is 0 Å². The fourth-order valence-electron chi connectivity index (χ4n) is 7.41. The lowest BCUT2D eigenvalue weighted by Gasteiger charge is -2.46. The molecule has 8 atom stereocenters. The molecule has 0 aromatic rings. The molecule has 4 fully saturated rings. The topological polar surface area (TPSA) is 91.3 Å². The van der Waals surface area contributed by atoms with Crippen molar-refractivity contribution in [2.24, 2.45) is 28.6 Å². The predicted molar refractivity (Wildman–Crippen MR) is 95.4 cm³/mol. The van der Waals surface area contributed by atoms with Crippen LogP contribution in [0.4, 0.5) is 0 Å². The van der Waals surface area contributed by atoms with Crippen LogP contribution >= 0.6 is 0 Å². The first-order chi connectivity index (χ1) is 13.2. The predicted octanol–water partition coefficient (Wildman–Crippen LogP) is 1.70. The highest BCUT2D eigenvalue weighted by molar-refractivity contribution is 5.83. The zero-order valence-electron chi connectivity index (χ0n) is 16.4. The van der Waals surface area contributed by atoms with E-state index in [1.807, 2.05) is 6.08 Å². The van der Waals surface area contributed by atoms with Gasteiger partial charge in [0.15, 0.2) is 0 Å². The number of hydrogen-bond donors (Lipinski definition) is 1. The molecule has 1 N–H and O–H groups in total. The Hall–Kier alpha value is -1.86. The summed E-state index contributed by atoms with van der Waals surface area (Å²) >= 11 is 0. The van der Waals surface area contributed by atoms with Crippen LogP contribution in [0.5, 0.6) is 0 Å². The highest BCUT2D eigenvalue weighted by Gasteiger charge is 2.83. The summed E-state index contributed by atoms with van der Waals surface area (Å²) in [5.74, 6) is -2.05. The zero-order valence-corrected chi connectivity index (χ0v) is 16.4. The summed E-state index contributed by atoms with van der Waals surface area (Å²) in [6.45, 7) is 5.88. The van der Waals surface area contributed by atoms with Crippen molar-refractivity contribution < 1.29 is 33.6 Å². The molecule has 7 heteroatoms. The van der Waals surface area contributed by atoms with E-state index in [0.717, 1.165) is 5.57 Å². The highest BCUT2D eigenvalue weighted by Crippen LogP contribution is 2.77. The van der Waals surface area contributed by atoms with E-state index in [1.165, 1.54) is 14.2 Å². The molecule has 0 unspecified atom stereocenters. The van der Waals surface area contributed by atoms with Crippen LogP contribution in [-0.2, 0) is 28.5 Å². The van der Waals surface area contributed by atoms with E-state index in [4.69, 9.17) is 18.9 Å². The van der Waals surface area contributed by atoms with Crippen molar-refractivity contribution >= 4 is 11.9 Å². The van der Waals surface area contributed by atoms with Crippen molar-refractivity contribution in [3.63, 3.8) is 0 Å². The molecule has 4 bridgehead atoms. The van der Waals surface area contributed by atoms with Crippen LogP contribution in [0.25, 0.3) is 0 Å². The molecule has 7 nitrogen and oxygen atoms in total. The number of esters is 2. The fourth-order valence-corrected chi connectivity index (χ4v) is 7.41. The van der Waals surface area contributed by atoms with Crippen LogP contribution in [0, 0.1) is 28.6 Å². The lowest BCUT2D eigenvalue weighted by atomic mass is 9.61. The number of fused-ring (bicyclic) bond motifs is 2. The molecule has 0 amide bonds. The smallest absolute Gasteiger partial charge is 0.318 e. The summed E-state index contributed by atoms with van der Waals surface area (Å²) in [5.41, 5.74) is -2.80. The fraction of sp³-hybridized carbons (Fsp3) is 0.714. The molecule has 3 aliphatic carbocycles. The number of rotatable bonds is 2. The molecule has 3 saturated carbocycles. The summed E-state index contributed by atoms with van der Waals surface area (Å²) in [6, 6.07) is 0. The Morgan fingerprint density at radius 2 is 2.07 bits per heavy atom. The third kappa shape index (κ3) is 1.70. The van der Waals surface area contributed by atoms with Crippen molar-refractivity contribution in [1.82, 2.24) is 0 Å². The molecular formula is C21H26O7. The van der Waals surface area contributed by atoms with Gasteiger partial charge in [-0.05, 0) is 55.6 Å². The van der Waals surface area contributed by atoms with Crippen LogP contribution in [0.15, 0.2) is 24.5 Å². The first kappa shape index (κ1) is 18.2. The molecule has 0 aromatic carbocycles. The summed E-state index contributed by atoms with van der Waals surface area (Å²) in [5, 5.41) is 11.1. The second kappa shape index (κ2) is 5.19. The molecule has 2 heterocycles. The minimum absolute atomic E-state index is 0.0530. The van der Waals surface area contributed by atoms with Gasteiger partial charge >= 0.3 is 11.9 Å². The minimum atomic E-state index is -1.18. The molecule has 0 radical (unpaired) electrons. The molecule has 5 rings (SSSR count). The molecule has 0 aromatic heterocycles. The molecule has 2 aliphatic heterocycles. The van der Waals surface area contributed by atoms with E-state index < -0.39 is 46.1 Å². The summed E-state index contributed by atoms with van der Waals surface area (Å²) in [7, 11) is 2.70. The Morgan fingerprint density at radius 1 is 1.32 bits per heavy atom. The van der Waals surface area contributed by atoms with E-state index in [2.05, 4.69) is 6.58 Å². The van der Waals surface area contributed by atoms with Crippen molar-refractivity contribution in [2.75, 3.05) is 14.2 Å². The van der Waals surface area contributed by atoms with Crippen molar-refractivity contribution in [1.29, 1.82) is 0 Å². The normalized spacial score (nSPS) is 52.6. The van der Waals surface area contributed by atoms with Crippen LogP contribution in [0.3, 0.4) is 0 Å². The molecular weight excluding hydrogens is 364 g/mol. The van der Waals surface area contributed by atoms with Gasteiger partial charge in [0.05, 0.1) is 32.0 Å². The van der Waals surface area contributed by atoms with Crippen molar-refractivity contribution in [3.8, 4) is 0 Å². The standard InChI is InChI=1S/C21H26O7/c1-11-9-19-10-20(11,24)6-5-12(19)21-7-8-27-17(28-21)18(2,16(23)26-4)14(21)13(19)15(22)25-3/h7-8,12-14,17,24H,1,5-6,9-10H2,2-4H3/t12-,13-,14-,17+,18-,19+,20+,21-/m1/s1. The lowest BCUT2D eigenvalue weighted by molar-refractivity contribution is -0.207. The summed E-state index contributed by atoms with van der Waals surface area (Å²) < 4.78 is 22.5. The van der Waals surface area contributed by atoms with Gasteiger partial charge in [-0.3, -0.25) is 9.59 Å². The Balaban J connectivity index is 1.76. The first-order valence-corrected chi connectivity index (χ1v) is 9.77. The number of aliphatic hydroxyl groups is 1. The molecule has 1 saturated heterocycles. The van der Waals surface area contributed by atoms with Gasteiger partial charge in [0.1, 0.15) is 11.0 Å². The summed E-state index contributed by atoms with van der Waals surface area (Å²) in [4.78, 5) is 26.2. The van der Waals surface area contributed by atoms with Crippen LogP contribution in [0.2, 0.25) is 0 Å². The van der Waals surface area contributed by atoms with E-state index in [1.54, 1.807) is 13.2 Å². The minimum Gasteiger partial charge on any atom is -0.471 e.